The average Bonchev–Trinajstić information content (AvgIpc) is 3.10. The fourth-order valence-electron chi connectivity index (χ4n) is 2.84. The van der Waals surface area contributed by atoms with E-state index in [1.54, 1.807) is 31.2 Å². The number of hydrogen-bond acceptors (Lipinski definition) is 5. The van der Waals surface area contributed by atoms with Crippen LogP contribution in [0.1, 0.15) is 17.5 Å². The van der Waals surface area contributed by atoms with Crippen LogP contribution in [0.2, 0.25) is 5.02 Å². The molecule has 0 atom stereocenters. The Morgan fingerprint density at radius 1 is 1.11 bits per heavy atom. The van der Waals surface area contributed by atoms with E-state index < -0.39 is 11.5 Å². The predicted octanol–water partition coefficient (Wildman–Crippen LogP) is 3.38. The topological polar surface area (TPSA) is 78.5 Å². The molecule has 2 heterocycles. The molecule has 28 heavy (non-hydrogen) atoms. The van der Waals surface area contributed by atoms with Crippen LogP contribution in [0.15, 0.2) is 65.5 Å². The molecule has 0 amide bonds. The summed E-state index contributed by atoms with van der Waals surface area (Å²) in [5, 5.41) is 4.86. The SMILES string of the molecule is CCOC(=O)c1nn(-c2ccc(Cl)cc2)c2nc(-c3ccccc3)cc(=O)n12. The number of aromatic nitrogens is 4. The van der Waals surface area contributed by atoms with E-state index in [4.69, 9.17) is 16.3 Å². The van der Waals surface area contributed by atoms with Crippen molar-refractivity contribution in [2.24, 2.45) is 0 Å². The number of nitrogens with zero attached hydrogens (tertiary/aromatic N) is 4. The van der Waals surface area contributed by atoms with Gasteiger partial charge in [-0.25, -0.2) is 14.2 Å². The Labute approximate surface area is 164 Å². The summed E-state index contributed by atoms with van der Waals surface area (Å²) >= 11 is 5.97. The summed E-state index contributed by atoms with van der Waals surface area (Å²) in [7, 11) is 0. The third-order valence-electron chi connectivity index (χ3n) is 4.10. The Morgan fingerprint density at radius 3 is 2.50 bits per heavy atom. The fraction of sp³-hybridized carbons (Fsp3) is 0.100. The lowest BCUT2D eigenvalue weighted by Crippen LogP contribution is -2.20. The predicted molar refractivity (Wildman–Crippen MR) is 105 cm³/mol. The van der Waals surface area contributed by atoms with Crippen LogP contribution >= 0.6 is 11.6 Å². The molecular formula is C20H15ClN4O3. The van der Waals surface area contributed by atoms with Crippen LogP contribution in [0.3, 0.4) is 0 Å². The highest BCUT2D eigenvalue weighted by Gasteiger charge is 2.22. The molecular weight excluding hydrogens is 380 g/mol. The van der Waals surface area contributed by atoms with Gasteiger partial charge < -0.3 is 4.74 Å². The first-order valence-corrected chi connectivity index (χ1v) is 8.97. The van der Waals surface area contributed by atoms with Gasteiger partial charge in [-0.3, -0.25) is 4.79 Å². The van der Waals surface area contributed by atoms with E-state index in [0.29, 0.717) is 16.4 Å². The van der Waals surface area contributed by atoms with Crippen molar-refractivity contribution in [3.8, 4) is 16.9 Å². The first kappa shape index (κ1) is 17.9. The maximum absolute atomic E-state index is 12.8. The van der Waals surface area contributed by atoms with Crippen LogP contribution in [0, 0.1) is 0 Å². The fourth-order valence-corrected chi connectivity index (χ4v) is 2.96. The third-order valence-corrected chi connectivity index (χ3v) is 4.35. The molecule has 4 rings (SSSR count). The molecule has 4 aromatic rings. The van der Waals surface area contributed by atoms with Crippen molar-refractivity contribution >= 4 is 23.3 Å². The van der Waals surface area contributed by atoms with Crippen LogP contribution in [-0.4, -0.2) is 31.7 Å². The summed E-state index contributed by atoms with van der Waals surface area (Å²) in [6.45, 7) is 1.85. The summed E-state index contributed by atoms with van der Waals surface area (Å²) in [5.74, 6) is -0.628. The quantitative estimate of drug-likeness (QED) is 0.496. The van der Waals surface area contributed by atoms with E-state index in [-0.39, 0.29) is 18.2 Å². The number of ether oxygens (including phenoxy) is 1. The number of carbonyl (C=O) groups excluding carboxylic acids is 1. The number of esters is 1. The molecule has 2 aromatic heterocycles. The minimum Gasteiger partial charge on any atom is -0.460 e. The molecule has 0 N–H and O–H groups in total. The summed E-state index contributed by atoms with van der Waals surface area (Å²) in [5.41, 5.74) is 1.45. The van der Waals surface area contributed by atoms with Gasteiger partial charge in [-0.05, 0) is 31.2 Å². The van der Waals surface area contributed by atoms with Gasteiger partial charge in [-0.15, -0.1) is 5.10 Å². The van der Waals surface area contributed by atoms with Crippen LogP contribution < -0.4 is 5.56 Å². The van der Waals surface area contributed by atoms with Gasteiger partial charge in [0.05, 0.1) is 18.0 Å². The number of carbonyl (C=O) groups is 1. The first-order valence-electron chi connectivity index (χ1n) is 8.60. The zero-order valence-corrected chi connectivity index (χ0v) is 15.6. The Morgan fingerprint density at radius 2 is 1.82 bits per heavy atom. The van der Waals surface area contributed by atoms with Crippen molar-refractivity contribution in [3.63, 3.8) is 0 Å². The molecule has 0 saturated carbocycles. The van der Waals surface area contributed by atoms with Gasteiger partial charge in [0, 0.05) is 16.7 Å². The lowest BCUT2D eigenvalue weighted by molar-refractivity contribution is 0.0509. The van der Waals surface area contributed by atoms with E-state index in [2.05, 4.69) is 10.1 Å². The lowest BCUT2D eigenvalue weighted by Gasteiger charge is -2.04. The Bertz CT molecular complexity index is 1210. The maximum atomic E-state index is 12.8. The number of rotatable bonds is 4. The maximum Gasteiger partial charge on any atom is 0.376 e. The second kappa shape index (κ2) is 7.28. The van der Waals surface area contributed by atoms with Crippen LogP contribution in [-0.2, 0) is 4.74 Å². The van der Waals surface area contributed by atoms with Gasteiger partial charge in [0.2, 0.25) is 11.6 Å². The smallest absolute Gasteiger partial charge is 0.376 e. The summed E-state index contributed by atoms with van der Waals surface area (Å²) in [4.78, 5) is 29.8. The van der Waals surface area contributed by atoms with Crippen LogP contribution in [0.5, 0.6) is 0 Å². The molecule has 0 fully saturated rings. The number of benzene rings is 2. The molecule has 0 aliphatic carbocycles. The van der Waals surface area contributed by atoms with E-state index in [1.807, 2.05) is 30.3 Å². The summed E-state index contributed by atoms with van der Waals surface area (Å²) in [6.07, 6.45) is 0. The van der Waals surface area contributed by atoms with Crippen molar-refractivity contribution in [3.05, 3.63) is 81.9 Å². The highest BCUT2D eigenvalue weighted by atomic mass is 35.5. The molecule has 0 bridgehead atoms. The van der Waals surface area contributed by atoms with Gasteiger partial charge in [-0.2, -0.15) is 4.68 Å². The Hall–Kier alpha value is -3.45. The second-order valence-electron chi connectivity index (χ2n) is 5.91. The Kier molecular flexibility index (Phi) is 4.67. The van der Waals surface area contributed by atoms with Crippen molar-refractivity contribution in [1.29, 1.82) is 0 Å². The average molecular weight is 395 g/mol. The Balaban J connectivity index is 2.01. The number of hydrogen-bond donors (Lipinski definition) is 0. The minimum absolute atomic E-state index is 0.135. The molecule has 0 aliphatic rings. The van der Waals surface area contributed by atoms with Gasteiger partial charge in [0.15, 0.2) is 0 Å². The zero-order chi connectivity index (χ0) is 19.7. The van der Waals surface area contributed by atoms with Crippen molar-refractivity contribution in [2.45, 2.75) is 6.92 Å². The van der Waals surface area contributed by atoms with Gasteiger partial charge in [0.25, 0.3) is 5.56 Å². The second-order valence-corrected chi connectivity index (χ2v) is 6.35. The van der Waals surface area contributed by atoms with E-state index in [9.17, 15) is 9.59 Å². The molecule has 0 aliphatic heterocycles. The molecule has 0 radical (unpaired) electrons. The van der Waals surface area contributed by atoms with Crippen LogP contribution in [0.25, 0.3) is 22.7 Å². The summed E-state index contributed by atoms with van der Waals surface area (Å²) in [6, 6.07) is 17.5. The molecule has 7 nitrogen and oxygen atoms in total. The molecule has 0 unspecified atom stereocenters. The summed E-state index contributed by atoms with van der Waals surface area (Å²) < 4.78 is 7.63. The largest absolute Gasteiger partial charge is 0.460 e. The van der Waals surface area contributed by atoms with Crippen molar-refractivity contribution in [1.82, 2.24) is 19.2 Å². The first-order chi connectivity index (χ1) is 13.6. The molecule has 8 heteroatoms. The van der Waals surface area contributed by atoms with Crippen LogP contribution in [0.4, 0.5) is 0 Å². The molecule has 0 saturated heterocycles. The molecule has 0 spiro atoms. The van der Waals surface area contributed by atoms with Crippen molar-refractivity contribution < 1.29 is 9.53 Å². The lowest BCUT2D eigenvalue weighted by atomic mass is 10.1. The molecule has 2 aromatic carbocycles. The standard InChI is InChI=1S/C20H15ClN4O3/c1-2-28-19(27)18-23-25(15-10-8-14(21)9-11-15)20-22-16(12-17(26)24(18)20)13-6-4-3-5-7-13/h3-12H,2H2,1H3. The third kappa shape index (κ3) is 3.16. The van der Waals surface area contributed by atoms with E-state index >= 15 is 0 Å². The van der Waals surface area contributed by atoms with Gasteiger partial charge >= 0.3 is 5.97 Å². The van der Waals surface area contributed by atoms with Gasteiger partial charge in [0.1, 0.15) is 0 Å². The van der Waals surface area contributed by atoms with Gasteiger partial charge in [-0.1, -0.05) is 41.9 Å². The van der Waals surface area contributed by atoms with E-state index in [0.717, 1.165) is 9.96 Å². The normalized spacial score (nSPS) is 10.9. The number of fused-ring (bicyclic) bond motifs is 1. The number of halogens is 1. The minimum atomic E-state index is -0.698. The van der Waals surface area contributed by atoms with E-state index in [1.165, 1.54) is 10.7 Å². The molecule has 140 valence electrons. The zero-order valence-electron chi connectivity index (χ0n) is 14.9. The van der Waals surface area contributed by atoms with Crippen molar-refractivity contribution in [2.75, 3.05) is 6.61 Å². The highest BCUT2D eigenvalue weighted by Crippen LogP contribution is 2.19. The monoisotopic (exact) mass is 394 g/mol. The highest BCUT2D eigenvalue weighted by molar-refractivity contribution is 6.30.